The summed E-state index contributed by atoms with van der Waals surface area (Å²) in [5, 5.41) is 8.65. The van der Waals surface area contributed by atoms with Crippen LogP contribution < -0.4 is 0 Å². The zero-order chi connectivity index (χ0) is 13.1. The van der Waals surface area contributed by atoms with Crippen LogP contribution in [0.15, 0.2) is 30.3 Å². The Morgan fingerprint density at radius 1 is 1.33 bits per heavy atom. The minimum absolute atomic E-state index is 0.0878. The van der Waals surface area contributed by atoms with Gasteiger partial charge < -0.3 is 10.0 Å². The molecule has 18 heavy (non-hydrogen) atoms. The molecule has 0 bridgehead atoms. The number of likely N-dealkylation sites (tertiary alicyclic amines) is 1. The number of rotatable bonds is 3. The van der Waals surface area contributed by atoms with E-state index in [4.69, 9.17) is 5.11 Å². The van der Waals surface area contributed by atoms with Crippen molar-refractivity contribution in [2.75, 3.05) is 13.1 Å². The average molecular weight is 245 g/mol. The van der Waals surface area contributed by atoms with Crippen molar-refractivity contribution >= 4 is 18.0 Å². The van der Waals surface area contributed by atoms with E-state index >= 15 is 0 Å². The summed E-state index contributed by atoms with van der Waals surface area (Å²) >= 11 is 0. The molecule has 0 radical (unpaired) electrons. The molecule has 0 unspecified atom stereocenters. The van der Waals surface area contributed by atoms with Gasteiger partial charge in [-0.1, -0.05) is 24.3 Å². The Balaban J connectivity index is 2.14. The molecule has 1 fully saturated rings. The Labute approximate surface area is 106 Å². The Morgan fingerprint density at radius 2 is 2.00 bits per heavy atom. The number of aliphatic carboxylic acids is 1. The maximum Gasteiger partial charge on any atom is 0.328 e. The normalized spacial score (nSPS) is 15.7. The molecule has 0 atom stereocenters. The highest BCUT2D eigenvalue weighted by atomic mass is 16.4. The number of carbonyl (C=O) groups is 2. The standard InChI is InChI=1S/C14H15NO3/c1-10(16)15-8-12(9-15)13-5-3-2-4-11(13)6-7-14(17)18/h2-7,12H,8-9H2,1H3,(H,17,18)/b7-6+. The highest BCUT2D eigenvalue weighted by Gasteiger charge is 2.30. The molecular weight excluding hydrogens is 230 g/mol. The van der Waals surface area contributed by atoms with Gasteiger partial charge in [-0.3, -0.25) is 4.79 Å². The molecule has 1 N–H and O–H groups in total. The molecule has 1 aliphatic rings. The Kier molecular flexibility index (Phi) is 3.46. The summed E-state index contributed by atoms with van der Waals surface area (Å²) in [6.45, 7) is 2.99. The lowest BCUT2D eigenvalue weighted by Gasteiger charge is -2.39. The van der Waals surface area contributed by atoms with Gasteiger partial charge in [0, 0.05) is 32.0 Å². The first-order chi connectivity index (χ1) is 8.58. The molecule has 1 aromatic carbocycles. The van der Waals surface area contributed by atoms with Gasteiger partial charge in [0.2, 0.25) is 5.91 Å². The van der Waals surface area contributed by atoms with E-state index in [9.17, 15) is 9.59 Å². The molecule has 0 aliphatic carbocycles. The van der Waals surface area contributed by atoms with Crippen molar-refractivity contribution in [2.45, 2.75) is 12.8 Å². The van der Waals surface area contributed by atoms with Gasteiger partial charge in [-0.05, 0) is 17.2 Å². The number of benzene rings is 1. The first kappa shape index (κ1) is 12.4. The summed E-state index contributed by atoms with van der Waals surface area (Å²) in [6, 6.07) is 7.70. The third kappa shape index (κ3) is 2.59. The van der Waals surface area contributed by atoms with E-state index < -0.39 is 5.97 Å². The lowest BCUT2D eigenvalue weighted by Crippen LogP contribution is -2.47. The molecule has 0 aromatic heterocycles. The number of hydrogen-bond acceptors (Lipinski definition) is 2. The first-order valence-corrected chi connectivity index (χ1v) is 5.83. The lowest BCUT2D eigenvalue weighted by molar-refractivity contribution is -0.133. The third-order valence-corrected chi connectivity index (χ3v) is 3.17. The van der Waals surface area contributed by atoms with Crippen LogP contribution in [0.1, 0.15) is 24.0 Å². The van der Waals surface area contributed by atoms with Gasteiger partial charge in [-0.25, -0.2) is 4.79 Å². The maximum absolute atomic E-state index is 11.1. The van der Waals surface area contributed by atoms with Crippen LogP contribution in [0.25, 0.3) is 6.08 Å². The smallest absolute Gasteiger partial charge is 0.328 e. The van der Waals surface area contributed by atoms with Crippen molar-refractivity contribution in [3.8, 4) is 0 Å². The summed E-state index contributed by atoms with van der Waals surface area (Å²) in [5.41, 5.74) is 2.01. The molecule has 1 heterocycles. The number of hydrogen-bond donors (Lipinski definition) is 1. The van der Waals surface area contributed by atoms with E-state index in [2.05, 4.69) is 0 Å². The molecule has 0 spiro atoms. The fourth-order valence-corrected chi connectivity index (χ4v) is 2.13. The Hall–Kier alpha value is -2.10. The second-order valence-electron chi connectivity index (χ2n) is 4.42. The molecule has 2 rings (SSSR count). The Morgan fingerprint density at radius 3 is 2.61 bits per heavy atom. The number of amides is 1. The largest absolute Gasteiger partial charge is 0.478 e. The van der Waals surface area contributed by atoms with Crippen LogP contribution in [0.2, 0.25) is 0 Å². The molecule has 1 aromatic rings. The van der Waals surface area contributed by atoms with Gasteiger partial charge in [-0.2, -0.15) is 0 Å². The maximum atomic E-state index is 11.1. The van der Waals surface area contributed by atoms with Crippen LogP contribution in [0, 0.1) is 0 Å². The highest BCUT2D eigenvalue weighted by Crippen LogP contribution is 2.29. The van der Waals surface area contributed by atoms with Crippen molar-refractivity contribution in [1.29, 1.82) is 0 Å². The minimum atomic E-state index is -0.955. The fourth-order valence-electron chi connectivity index (χ4n) is 2.13. The highest BCUT2D eigenvalue weighted by molar-refractivity contribution is 5.85. The zero-order valence-corrected chi connectivity index (χ0v) is 10.2. The van der Waals surface area contributed by atoms with Gasteiger partial charge >= 0.3 is 5.97 Å². The number of nitrogens with zero attached hydrogens (tertiary/aromatic N) is 1. The van der Waals surface area contributed by atoms with Crippen LogP contribution in [-0.2, 0) is 9.59 Å². The van der Waals surface area contributed by atoms with Crippen LogP contribution in [0.4, 0.5) is 0 Å². The van der Waals surface area contributed by atoms with Crippen molar-refractivity contribution < 1.29 is 14.7 Å². The fraction of sp³-hybridized carbons (Fsp3) is 0.286. The number of carboxylic acids is 1. The summed E-state index contributed by atoms with van der Waals surface area (Å²) < 4.78 is 0. The summed E-state index contributed by atoms with van der Waals surface area (Å²) in [7, 11) is 0. The number of carbonyl (C=O) groups excluding carboxylic acids is 1. The van der Waals surface area contributed by atoms with Crippen LogP contribution in [0.3, 0.4) is 0 Å². The molecular formula is C14H15NO3. The second-order valence-corrected chi connectivity index (χ2v) is 4.42. The van der Waals surface area contributed by atoms with Crippen LogP contribution in [0.5, 0.6) is 0 Å². The van der Waals surface area contributed by atoms with Gasteiger partial charge in [0.25, 0.3) is 0 Å². The Bertz CT molecular complexity index is 502. The van der Waals surface area contributed by atoms with E-state index in [1.54, 1.807) is 17.9 Å². The first-order valence-electron chi connectivity index (χ1n) is 5.83. The molecule has 4 heteroatoms. The van der Waals surface area contributed by atoms with Crippen molar-refractivity contribution in [2.24, 2.45) is 0 Å². The minimum Gasteiger partial charge on any atom is -0.478 e. The van der Waals surface area contributed by atoms with Crippen LogP contribution >= 0.6 is 0 Å². The summed E-state index contributed by atoms with van der Waals surface area (Å²) in [4.78, 5) is 23.5. The lowest BCUT2D eigenvalue weighted by atomic mass is 9.88. The second kappa shape index (κ2) is 5.04. The van der Waals surface area contributed by atoms with Gasteiger partial charge in [-0.15, -0.1) is 0 Å². The quantitative estimate of drug-likeness (QED) is 0.825. The van der Waals surface area contributed by atoms with E-state index in [0.717, 1.165) is 17.2 Å². The van der Waals surface area contributed by atoms with Crippen molar-refractivity contribution in [1.82, 2.24) is 4.90 Å². The SMILES string of the molecule is CC(=O)N1CC(c2ccccc2/C=C/C(=O)O)C1. The molecule has 0 saturated carbocycles. The predicted octanol–water partition coefficient (Wildman–Crippen LogP) is 1.73. The monoisotopic (exact) mass is 245 g/mol. The molecule has 1 amide bonds. The van der Waals surface area contributed by atoms with Crippen LogP contribution in [-0.4, -0.2) is 35.0 Å². The topological polar surface area (TPSA) is 57.6 Å². The molecule has 4 nitrogen and oxygen atoms in total. The van der Waals surface area contributed by atoms with E-state index in [1.165, 1.54) is 0 Å². The summed E-state index contributed by atoms with van der Waals surface area (Å²) in [6.07, 6.45) is 2.74. The predicted molar refractivity (Wildman–Crippen MR) is 68.1 cm³/mol. The zero-order valence-electron chi connectivity index (χ0n) is 10.2. The molecule has 94 valence electrons. The molecule has 1 aliphatic heterocycles. The summed E-state index contributed by atoms with van der Waals surface area (Å²) in [5.74, 6) is -0.558. The van der Waals surface area contributed by atoms with E-state index in [0.29, 0.717) is 19.0 Å². The average Bonchev–Trinajstić information content (AvgIpc) is 2.25. The number of carboxylic acid groups (broad SMARTS) is 1. The molecule has 1 saturated heterocycles. The van der Waals surface area contributed by atoms with E-state index in [1.807, 2.05) is 24.3 Å². The van der Waals surface area contributed by atoms with Crippen molar-refractivity contribution in [3.63, 3.8) is 0 Å². The van der Waals surface area contributed by atoms with Gasteiger partial charge in [0.15, 0.2) is 0 Å². The third-order valence-electron chi connectivity index (χ3n) is 3.17. The van der Waals surface area contributed by atoms with Gasteiger partial charge in [0.1, 0.15) is 0 Å². The van der Waals surface area contributed by atoms with Gasteiger partial charge in [0.05, 0.1) is 0 Å². The van der Waals surface area contributed by atoms with Crippen molar-refractivity contribution in [3.05, 3.63) is 41.5 Å². The van der Waals surface area contributed by atoms with E-state index in [-0.39, 0.29) is 5.91 Å².